The summed E-state index contributed by atoms with van der Waals surface area (Å²) in [5.41, 5.74) is 3.92. The summed E-state index contributed by atoms with van der Waals surface area (Å²) in [5.74, 6) is -0.720. The van der Waals surface area contributed by atoms with Crippen LogP contribution in [-0.2, 0) is 0 Å². The number of carbonyl (C=O) groups is 2. The first-order valence-corrected chi connectivity index (χ1v) is 16.5. The molecule has 2 fully saturated rings. The molecular formula is C36H39ClFN7O3. The summed E-state index contributed by atoms with van der Waals surface area (Å²) in [6, 6.07) is 15.7. The molecular weight excluding hydrogens is 633 g/mol. The monoisotopic (exact) mass is 671 g/mol. The van der Waals surface area contributed by atoms with E-state index >= 15 is 4.39 Å². The van der Waals surface area contributed by atoms with Crippen LogP contribution in [0, 0.1) is 19.7 Å². The van der Waals surface area contributed by atoms with Crippen molar-refractivity contribution in [2.45, 2.75) is 39.7 Å². The first kappa shape index (κ1) is 33.2. The topological polar surface area (TPSA) is 103 Å². The molecule has 2 N–H and O–H groups in total. The summed E-state index contributed by atoms with van der Waals surface area (Å²) < 4.78 is 21.5. The molecule has 0 spiro atoms. The molecule has 4 aromatic rings. The Labute approximate surface area is 284 Å². The summed E-state index contributed by atoms with van der Waals surface area (Å²) in [7, 11) is 2.07. The second kappa shape index (κ2) is 14.2. The fourth-order valence-corrected chi connectivity index (χ4v) is 6.23. The maximum absolute atomic E-state index is 15.3. The summed E-state index contributed by atoms with van der Waals surface area (Å²) in [5, 5.41) is 6.17. The van der Waals surface area contributed by atoms with Crippen LogP contribution in [0.2, 0.25) is 5.02 Å². The number of halogens is 2. The number of rotatable bonds is 8. The number of nitrogens with one attached hydrogen (secondary N) is 2. The van der Waals surface area contributed by atoms with Crippen LogP contribution in [0.5, 0.6) is 11.6 Å². The van der Waals surface area contributed by atoms with Gasteiger partial charge in [-0.3, -0.25) is 9.59 Å². The number of hydrogen-bond acceptors (Lipinski definition) is 8. The lowest BCUT2D eigenvalue weighted by atomic mass is 10.1. The molecule has 1 unspecified atom stereocenters. The Balaban J connectivity index is 1.28. The molecule has 1 atom stereocenters. The van der Waals surface area contributed by atoms with E-state index in [0.29, 0.717) is 41.8 Å². The quantitative estimate of drug-likeness (QED) is 0.206. The van der Waals surface area contributed by atoms with Crippen molar-refractivity contribution in [3.05, 3.63) is 93.9 Å². The molecule has 12 heteroatoms. The van der Waals surface area contributed by atoms with Gasteiger partial charge in [-0.1, -0.05) is 29.8 Å². The molecule has 48 heavy (non-hydrogen) atoms. The van der Waals surface area contributed by atoms with Crippen molar-refractivity contribution >= 4 is 46.4 Å². The lowest BCUT2D eigenvalue weighted by Gasteiger charge is -2.39. The third kappa shape index (κ3) is 7.22. The molecule has 3 aromatic carbocycles. The van der Waals surface area contributed by atoms with Gasteiger partial charge in [-0.05, 0) is 88.2 Å². The molecule has 2 saturated heterocycles. The van der Waals surface area contributed by atoms with Crippen LogP contribution >= 0.6 is 11.6 Å². The summed E-state index contributed by atoms with van der Waals surface area (Å²) >= 11 is 6.61. The summed E-state index contributed by atoms with van der Waals surface area (Å²) in [4.78, 5) is 41.5. The Kier molecular flexibility index (Phi) is 9.79. The Morgan fingerprint density at radius 3 is 2.44 bits per heavy atom. The van der Waals surface area contributed by atoms with Crippen LogP contribution in [0.4, 0.5) is 27.4 Å². The molecule has 250 valence electrons. The van der Waals surface area contributed by atoms with E-state index in [4.69, 9.17) is 16.3 Å². The van der Waals surface area contributed by atoms with Crippen molar-refractivity contribution in [1.82, 2.24) is 19.8 Å². The van der Waals surface area contributed by atoms with E-state index in [2.05, 4.69) is 39.5 Å². The number of hydrogen-bond donors (Lipinski definition) is 2. The van der Waals surface area contributed by atoms with Gasteiger partial charge in [0.2, 0.25) is 11.8 Å². The highest BCUT2D eigenvalue weighted by molar-refractivity contribution is 6.32. The van der Waals surface area contributed by atoms with Crippen molar-refractivity contribution in [1.29, 1.82) is 0 Å². The van der Waals surface area contributed by atoms with Crippen molar-refractivity contribution in [2.24, 2.45) is 0 Å². The van der Waals surface area contributed by atoms with E-state index in [1.165, 1.54) is 12.3 Å². The molecule has 0 saturated carbocycles. The minimum atomic E-state index is -0.484. The third-order valence-corrected chi connectivity index (χ3v) is 9.30. The second-order valence-electron chi connectivity index (χ2n) is 12.4. The maximum atomic E-state index is 15.3. The van der Waals surface area contributed by atoms with Gasteiger partial charge in [0, 0.05) is 61.9 Å². The number of benzene rings is 3. The Hall–Kier alpha value is -4.74. The van der Waals surface area contributed by atoms with E-state index < -0.39 is 5.91 Å². The molecule has 2 aliphatic rings. The van der Waals surface area contributed by atoms with E-state index in [-0.39, 0.29) is 39.9 Å². The van der Waals surface area contributed by atoms with Crippen LogP contribution < -0.4 is 20.3 Å². The van der Waals surface area contributed by atoms with Gasteiger partial charge >= 0.3 is 0 Å². The van der Waals surface area contributed by atoms with E-state index in [9.17, 15) is 9.59 Å². The fourth-order valence-electron chi connectivity index (χ4n) is 6.01. The lowest BCUT2D eigenvalue weighted by Crippen LogP contribution is -2.50. The van der Waals surface area contributed by atoms with Gasteiger partial charge in [0.05, 0.1) is 10.7 Å². The number of anilines is 4. The van der Waals surface area contributed by atoms with Gasteiger partial charge in [0.25, 0.3) is 11.8 Å². The molecule has 6 rings (SSSR count). The highest BCUT2D eigenvalue weighted by Crippen LogP contribution is 2.34. The molecule has 2 aliphatic heterocycles. The molecule has 10 nitrogen and oxygen atoms in total. The van der Waals surface area contributed by atoms with Gasteiger partial charge in [0.15, 0.2) is 0 Å². The standard InChI is InChI=1S/C36H39ClFN7O3/c1-22-8-7-9-23(2)32(22)41-33(46)27-20-39-36(40-26-11-12-30(29(38)19-26)45-17-16-43(4)24(3)21-45)42-34(27)48-31-13-10-25(18-28(31)37)35(47)44-14-5-6-15-44/h7-13,18-20,24H,5-6,14-17,21H2,1-4H3,(H,41,46)(H,39,40,42). The average molecular weight is 672 g/mol. The Bertz CT molecular complexity index is 1830. The first-order chi connectivity index (χ1) is 23.1. The Morgan fingerprint density at radius 2 is 1.75 bits per heavy atom. The van der Waals surface area contributed by atoms with Gasteiger partial charge in [-0.2, -0.15) is 4.98 Å². The number of amides is 2. The van der Waals surface area contributed by atoms with Crippen LogP contribution in [0.1, 0.15) is 51.6 Å². The van der Waals surface area contributed by atoms with Crippen LogP contribution in [0.3, 0.4) is 0 Å². The summed E-state index contributed by atoms with van der Waals surface area (Å²) in [6.07, 6.45) is 3.30. The third-order valence-electron chi connectivity index (χ3n) is 9.00. The predicted molar refractivity (Wildman–Crippen MR) is 187 cm³/mol. The Morgan fingerprint density at radius 1 is 1.00 bits per heavy atom. The number of carbonyl (C=O) groups excluding carboxylic acids is 2. The number of aryl methyl sites for hydroxylation is 2. The predicted octanol–water partition coefficient (Wildman–Crippen LogP) is 7.05. The largest absolute Gasteiger partial charge is 0.436 e. The zero-order valence-electron chi connectivity index (χ0n) is 27.5. The zero-order valence-corrected chi connectivity index (χ0v) is 28.3. The van der Waals surface area contributed by atoms with Gasteiger partial charge in [0.1, 0.15) is 17.1 Å². The van der Waals surface area contributed by atoms with Crippen molar-refractivity contribution in [2.75, 3.05) is 55.3 Å². The van der Waals surface area contributed by atoms with Gasteiger partial charge < -0.3 is 30.1 Å². The SMILES string of the molecule is Cc1cccc(C)c1NC(=O)c1cnc(Nc2ccc(N3CCN(C)C(C)C3)c(F)c2)nc1Oc1ccc(C(=O)N2CCCC2)cc1Cl. The van der Waals surface area contributed by atoms with E-state index in [1.807, 2.05) is 36.9 Å². The highest BCUT2D eigenvalue weighted by Gasteiger charge is 2.25. The van der Waals surface area contributed by atoms with Gasteiger partial charge in [-0.25, -0.2) is 9.37 Å². The van der Waals surface area contributed by atoms with Crippen LogP contribution in [-0.4, -0.2) is 77.4 Å². The molecule has 2 amide bonds. The number of piperazine rings is 1. The van der Waals surface area contributed by atoms with Crippen LogP contribution in [0.15, 0.2) is 60.8 Å². The van der Waals surface area contributed by atoms with Gasteiger partial charge in [-0.15, -0.1) is 0 Å². The minimum absolute atomic E-state index is 0.0576. The molecule has 0 aliphatic carbocycles. The van der Waals surface area contributed by atoms with Crippen molar-refractivity contribution < 1.29 is 18.7 Å². The summed E-state index contributed by atoms with van der Waals surface area (Å²) in [6.45, 7) is 9.67. The number of nitrogens with zero attached hydrogens (tertiary/aromatic N) is 5. The number of ether oxygens (including phenoxy) is 1. The fraction of sp³-hybridized carbons (Fsp3) is 0.333. The number of likely N-dealkylation sites (N-methyl/N-ethyl adjacent to an activating group) is 1. The second-order valence-corrected chi connectivity index (χ2v) is 12.9. The lowest BCUT2D eigenvalue weighted by molar-refractivity contribution is 0.0792. The minimum Gasteiger partial charge on any atom is -0.436 e. The first-order valence-electron chi connectivity index (χ1n) is 16.1. The normalized spacial score (nSPS) is 16.6. The number of para-hydroxylation sites is 1. The van der Waals surface area contributed by atoms with Crippen molar-refractivity contribution in [3.63, 3.8) is 0 Å². The number of likely N-dealkylation sites (tertiary alicyclic amines) is 1. The highest BCUT2D eigenvalue weighted by atomic mass is 35.5. The van der Waals surface area contributed by atoms with Crippen molar-refractivity contribution in [3.8, 4) is 11.6 Å². The van der Waals surface area contributed by atoms with Crippen LogP contribution in [0.25, 0.3) is 0 Å². The smallest absolute Gasteiger partial charge is 0.262 e. The molecule has 0 radical (unpaired) electrons. The molecule has 0 bridgehead atoms. The molecule has 3 heterocycles. The maximum Gasteiger partial charge on any atom is 0.262 e. The van der Waals surface area contributed by atoms with E-state index in [1.54, 1.807) is 35.2 Å². The van der Waals surface area contributed by atoms with E-state index in [0.717, 1.165) is 43.6 Å². The average Bonchev–Trinajstić information content (AvgIpc) is 3.60. The number of aromatic nitrogens is 2. The molecule has 1 aromatic heterocycles. The zero-order chi connectivity index (χ0) is 33.9.